The van der Waals surface area contributed by atoms with Crippen molar-refractivity contribution in [2.45, 2.75) is 52.7 Å². The summed E-state index contributed by atoms with van der Waals surface area (Å²) in [5.41, 5.74) is 0.734. The van der Waals surface area contributed by atoms with Crippen LogP contribution in [-0.4, -0.2) is 14.7 Å². The number of aryl methyl sites for hydroxylation is 1. The van der Waals surface area contributed by atoms with Crippen molar-refractivity contribution in [1.82, 2.24) is 9.55 Å². The average Bonchev–Trinajstić information content (AvgIpc) is 2.51. The highest BCUT2D eigenvalue weighted by atomic mass is 35.5. The van der Waals surface area contributed by atoms with Gasteiger partial charge in [-0.2, -0.15) is 0 Å². The molecular formula is C11H19ClN2O. The summed E-state index contributed by atoms with van der Waals surface area (Å²) in [6.45, 7) is 6.26. The van der Waals surface area contributed by atoms with Gasteiger partial charge in [-0.3, -0.25) is 0 Å². The highest BCUT2D eigenvalue weighted by Gasteiger charge is 2.16. The number of rotatable bonds is 5. The molecule has 1 aromatic rings. The van der Waals surface area contributed by atoms with Crippen molar-refractivity contribution in [3.05, 3.63) is 16.7 Å². The molecule has 1 heterocycles. The lowest BCUT2D eigenvalue weighted by atomic mass is 10.2. The van der Waals surface area contributed by atoms with Crippen LogP contribution in [0.3, 0.4) is 0 Å². The van der Waals surface area contributed by atoms with Gasteiger partial charge in [0.1, 0.15) is 5.82 Å². The summed E-state index contributed by atoms with van der Waals surface area (Å²) in [5, 5.41) is 9.68. The Morgan fingerprint density at radius 3 is 2.60 bits per heavy atom. The highest BCUT2D eigenvalue weighted by molar-refractivity contribution is 6.30. The molecule has 0 saturated carbocycles. The first-order valence-electron chi connectivity index (χ1n) is 5.48. The quantitative estimate of drug-likeness (QED) is 0.845. The van der Waals surface area contributed by atoms with Crippen LogP contribution in [0.25, 0.3) is 0 Å². The van der Waals surface area contributed by atoms with E-state index in [9.17, 15) is 5.11 Å². The maximum atomic E-state index is 9.24. The van der Waals surface area contributed by atoms with Crippen molar-refractivity contribution in [3.8, 4) is 0 Å². The molecule has 0 aliphatic heterocycles. The summed E-state index contributed by atoms with van der Waals surface area (Å²) in [6, 6.07) is 0.291. The molecule has 1 rings (SSSR count). The fourth-order valence-corrected chi connectivity index (χ4v) is 2.00. The van der Waals surface area contributed by atoms with Crippen LogP contribution in [-0.2, 0) is 13.0 Å². The van der Waals surface area contributed by atoms with Crippen LogP contribution in [0, 0.1) is 0 Å². The summed E-state index contributed by atoms with van der Waals surface area (Å²) in [5.74, 6) is 0.987. The summed E-state index contributed by atoms with van der Waals surface area (Å²) in [7, 11) is 0. The first-order valence-corrected chi connectivity index (χ1v) is 5.85. The minimum Gasteiger partial charge on any atom is -0.390 e. The van der Waals surface area contributed by atoms with Crippen LogP contribution in [0.2, 0.25) is 5.15 Å². The van der Waals surface area contributed by atoms with E-state index in [1.54, 1.807) is 0 Å². The second-order valence-corrected chi connectivity index (χ2v) is 4.35. The Bertz CT molecular complexity index is 321. The van der Waals surface area contributed by atoms with Crippen LogP contribution in [0.4, 0.5) is 0 Å². The van der Waals surface area contributed by atoms with Crippen LogP contribution < -0.4 is 0 Å². The Labute approximate surface area is 96.1 Å². The molecule has 1 N–H and O–H groups in total. The largest absolute Gasteiger partial charge is 0.390 e. The summed E-state index contributed by atoms with van der Waals surface area (Å²) in [6.07, 6.45) is 3.16. The zero-order chi connectivity index (χ0) is 11.4. The molecule has 0 amide bonds. The normalized spacial score (nSPS) is 11.3. The van der Waals surface area contributed by atoms with Crippen LogP contribution in [0.15, 0.2) is 0 Å². The first-order chi connectivity index (χ1) is 7.11. The topological polar surface area (TPSA) is 38.1 Å². The Balaban J connectivity index is 3.03. The van der Waals surface area contributed by atoms with Gasteiger partial charge in [0.05, 0.1) is 12.3 Å². The van der Waals surface area contributed by atoms with Gasteiger partial charge in [-0.1, -0.05) is 24.9 Å². The molecule has 3 nitrogen and oxygen atoms in total. The molecule has 4 heteroatoms. The molecule has 0 fully saturated rings. The minimum absolute atomic E-state index is 0.0455. The number of halogens is 1. The van der Waals surface area contributed by atoms with Gasteiger partial charge >= 0.3 is 0 Å². The first kappa shape index (κ1) is 12.5. The van der Waals surface area contributed by atoms with E-state index in [0.717, 1.165) is 30.8 Å². The van der Waals surface area contributed by atoms with Crippen molar-refractivity contribution < 1.29 is 5.11 Å². The lowest BCUT2D eigenvalue weighted by Gasteiger charge is -2.14. The van der Waals surface area contributed by atoms with Gasteiger partial charge in [0, 0.05) is 12.5 Å². The number of nitrogens with zero attached hydrogens (tertiary/aromatic N) is 2. The molecule has 0 bridgehead atoms. The summed E-state index contributed by atoms with van der Waals surface area (Å²) >= 11 is 5.98. The smallest absolute Gasteiger partial charge is 0.152 e. The Morgan fingerprint density at radius 1 is 1.47 bits per heavy atom. The van der Waals surface area contributed by atoms with Crippen LogP contribution in [0.5, 0.6) is 0 Å². The zero-order valence-electron chi connectivity index (χ0n) is 9.63. The number of hydrogen-bond acceptors (Lipinski definition) is 2. The van der Waals surface area contributed by atoms with Gasteiger partial charge in [0.25, 0.3) is 0 Å². The standard InChI is InChI=1S/C11H19ClN2O/c1-4-5-6-10-13-11(12)9(7-15)14(10)8(2)3/h8,15H,4-7H2,1-3H3. The molecule has 1 aromatic heterocycles. The number of imidazole rings is 1. The van der Waals surface area contributed by atoms with Crippen LogP contribution >= 0.6 is 11.6 Å². The van der Waals surface area contributed by atoms with E-state index in [4.69, 9.17) is 11.6 Å². The molecule has 0 spiro atoms. The number of aromatic nitrogens is 2. The molecule has 0 unspecified atom stereocenters. The monoisotopic (exact) mass is 230 g/mol. The molecule has 0 aliphatic carbocycles. The van der Waals surface area contributed by atoms with E-state index in [1.807, 2.05) is 4.57 Å². The molecule has 0 atom stereocenters. The zero-order valence-corrected chi connectivity index (χ0v) is 10.4. The van der Waals surface area contributed by atoms with Gasteiger partial charge in [0.15, 0.2) is 5.15 Å². The van der Waals surface area contributed by atoms with Gasteiger partial charge < -0.3 is 9.67 Å². The van der Waals surface area contributed by atoms with E-state index < -0.39 is 0 Å². The SMILES string of the molecule is CCCCc1nc(Cl)c(CO)n1C(C)C. The lowest BCUT2D eigenvalue weighted by molar-refractivity contribution is 0.267. The molecule has 0 aliphatic rings. The summed E-state index contributed by atoms with van der Waals surface area (Å²) < 4.78 is 2.04. The third-order valence-electron chi connectivity index (χ3n) is 2.45. The molecule has 86 valence electrons. The molecule has 0 saturated heterocycles. The maximum absolute atomic E-state index is 9.24. The predicted octanol–water partition coefficient (Wildman–Crippen LogP) is 2.95. The molecular weight excluding hydrogens is 212 g/mol. The number of aliphatic hydroxyl groups is 1. The van der Waals surface area contributed by atoms with E-state index in [2.05, 4.69) is 25.8 Å². The van der Waals surface area contributed by atoms with E-state index >= 15 is 0 Å². The lowest BCUT2D eigenvalue weighted by Crippen LogP contribution is -2.10. The molecule has 0 aromatic carbocycles. The number of aliphatic hydroxyl groups excluding tert-OH is 1. The highest BCUT2D eigenvalue weighted by Crippen LogP contribution is 2.23. The van der Waals surface area contributed by atoms with Crippen molar-refractivity contribution in [2.24, 2.45) is 0 Å². The fourth-order valence-electron chi connectivity index (χ4n) is 1.75. The third kappa shape index (κ3) is 2.73. The van der Waals surface area contributed by atoms with Crippen LogP contribution in [0.1, 0.15) is 51.2 Å². The van der Waals surface area contributed by atoms with Crippen molar-refractivity contribution in [1.29, 1.82) is 0 Å². The summed E-state index contributed by atoms with van der Waals surface area (Å²) in [4.78, 5) is 4.31. The van der Waals surface area contributed by atoms with Gasteiger partial charge in [-0.15, -0.1) is 0 Å². The average molecular weight is 231 g/mol. The number of unbranched alkanes of at least 4 members (excludes halogenated alkanes) is 1. The number of hydrogen-bond donors (Lipinski definition) is 1. The Morgan fingerprint density at radius 2 is 2.13 bits per heavy atom. The second-order valence-electron chi connectivity index (χ2n) is 3.99. The predicted molar refractivity (Wildman–Crippen MR) is 62.2 cm³/mol. The van der Waals surface area contributed by atoms with E-state index in [1.165, 1.54) is 0 Å². The van der Waals surface area contributed by atoms with Crippen molar-refractivity contribution >= 4 is 11.6 Å². The van der Waals surface area contributed by atoms with Gasteiger partial charge in [-0.05, 0) is 20.3 Å². The maximum Gasteiger partial charge on any atom is 0.152 e. The van der Waals surface area contributed by atoms with E-state index in [-0.39, 0.29) is 6.61 Å². The second kappa shape index (κ2) is 5.52. The Hall–Kier alpha value is -0.540. The molecule has 15 heavy (non-hydrogen) atoms. The Kier molecular flexibility index (Phi) is 4.61. The van der Waals surface area contributed by atoms with E-state index in [0.29, 0.717) is 11.2 Å². The fraction of sp³-hybridized carbons (Fsp3) is 0.727. The molecule has 0 radical (unpaired) electrons. The minimum atomic E-state index is -0.0455. The third-order valence-corrected chi connectivity index (χ3v) is 2.76. The van der Waals surface area contributed by atoms with Crippen molar-refractivity contribution in [2.75, 3.05) is 0 Å². The van der Waals surface area contributed by atoms with Gasteiger partial charge in [0.2, 0.25) is 0 Å². The van der Waals surface area contributed by atoms with Crippen molar-refractivity contribution in [3.63, 3.8) is 0 Å². The van der Waals surface area contributed by atoms with Gasteiger partial charge in [-0.25, -0.2) is 4.98 Å².